The third-order valence-corrected chi connectivity index (χ3v) is 2.49. The third-order valence-electron chi connectivity index (χ3n) is 2.49. The van der Waals surface area contributed by atoms with Crippen LogP contribution in [0, 0.1) is 11.3 Å². The Morgan fingerprint density at radius 1 is 1.06 bits per heavy atom. The molecular formula is C13H8N4. The van der Waals surface area contributed by atoms with Crippen LogP contribution < -0.4 is 0 Å². The Kier molecular flexibility index (Phi) is 2.09. The molecule has 0 radical (unpaired) electrons. The number of nitrogens with zero attached hydrogens (tertiary/aromatic N) is 4. The number of hydrogen-bond acceptors (Lipinski definition) is 3. The summed E-state index contributed by atoms with van der Waals surface area (Å²) in [5.74, 6) is 0.667. The van der Waals surface area contributed by atoms with Crippen molar-refractivity contribution in [2.45, 2.75) is 0 Å². The summed E-state index contributed by atoms with van der Waals surface area (Å²) in [6, 6.07) is 15.4. The SMILES string of the molecule is N#Cc1ccc2nc(-c3ccccc3)nn2c1. The molecule has 0 unspecified atom stereocenters. The number of hydrogen-bond donors (Lipinski definition) is 0. The van der Waals surface area contributed by atoms with E-state index in [1.54, 1.807) is 22.8 Å². The first-order chi connectivity index (χ1) is 8.36. The summed E-state index contributed by atoms with van der Waals surface area (Å²) in [5.41, 5.74) is 2.28. The first kappa shape index (κ1) is 9.55. The van der Waals surface area contributed by atoms with Gasteiger partial charge in [0.05, 0.1) is 5.56 Å². The highest BCUT2D eigenvalue weighted by Gasteiger charge is 2.05. The molecule has 2 heterocycles. The number of rotatable bonds is 1. The Morgan fingerprint density at radius 2 is 1.88 bits per heavy atom. The number of pyridine rings is 1. The number of aromatic nitrogens is 3. The molecule has 4 nitrogen and oxygen atoms in total. The summed E-state index contributed by atoms with van der Waals surface area (Å²) in [7, 11) is 0. The second-order valence-corrected chi connectivity index (χ2v) is 3.63. The van der Waals surface area contributed by atoms with Gasteiger partial charge >= 0.3 is 0 Å². The average Bonchev–Trinajstić information content (AvgIpc) is 2.82. The minimum atomic E-state index is 0.571. The van der Waals surface area contributed by atoms with Crippen LogP contribution in [0.25, 0.3) is 17.0 Å². The fraction of sp³-hybridized carbons (Fsp3) is 0. The highest BCUT2D eigenvalue weighted by Crippen LogP contribution is 2.15. The number of nitriles is 1. The Hall–Kier alpha value is -2.67. The van der Waals surface area contributed by atoms with Crippen molar-refractivity contribution in [3.63, 3.8) is 0 Å². The van der Waals surface area contributed by atoms with Gasteiger partial charge < -0.3 is 0 Å². The Morgan fingerprint density at radius 3 is 2.65 bits per heavy atom. The molecule has 0 saturated carbocycles. The van der Waals surface area contributed by atoms with Crippen LogP contribution in [0.2, 0.25) is 0 Å². The third kappa shape index (κ3) is 1.64. The van der Waals surface area contributed by atoms with Crippen molar-refractivity contribution in [1.82, 2.24) is 14.6 Å². The van der Waals surface area contributed by atoms with Crippen LogP contribution in [0.15, 0.2) is 48.7 Å². The van der Waals surface area contributed by atoms with E-state index < -0.39 is 0 Å². The highest BCUT2D eigenvalue weighted by molar-refractivity contribution is 5.58. The molecule has 4 heteroatoms. The molecule has 80 valence electrons. The number of benzene rings is 1. The van der Waals surface area contributed by atoms with Gasteiger partial charge in [-0.3, -0.25) is 0 Å². The first-order valence-electron chi connectivity index (χ1n) is 5.19. The van der Waals surface area contributed by atoms with E-state index in [1.165, 1.54) is 0 Å². The predicted octanol–water partition coefficient (Wildman–Crippen LogP) is 2.27. The largest absolute Gasteiger partial charge is 0.219 e. The molecule has 0 atom stereocenters. The van der Waals surface area contributed by atoms with Crippen LogP contribution >= 0.6 is 0 Å². The molecule has 0 saturated heterocycles. The highest BCUT2D eigenvalue weighted by atomic mass is 15.3. The summed E-state index contributed by atoms with van der Waals surface area (Å²) in [4.78, 5) is 4.40. The van der Waals surface area contributed by atoms with Crippen LogP contribution in [0.4, 0.5) is 0 Å². The van der Waals surface area contributed by atoms with Crippen molar-refractivity contribution in [3.05, 3.63) is 54.2 Å². The van der Waals surface area contributed by atoms with Gasteiger partial charge in [0.25, 0.3) is 0 Å². The molecule has 0 aliphatic heterocycles. The minimum Gasteiger partial charge on any atom is -0.219 e. The fourth-order valence-electron chi connectivity index (χ4n) is 1.66. The fourth-order valence-corrected chi connectivity index (χ4v) is 1.66. The van der Waals surface area contributed by atoms with E-state index in [0.717, 1.165) is 11.2 Å². The zero-order chi connectivity index (χ0) is 11.7. The van der Waals surface area contributed by atoms with E-state index in [0.29, 0.717) is 11.4 Å². The maximum Gasteiger partial charge on any atom is 0.182 e. The molecule has 0 N–H and O–H groups in total. The molecule has 2 aromatic heterocycles. The Bertz CT molecular complexity index is 707. The lowest BCUT2D eigenvalue weighted by molar-refractivity contribution is 0.962. The molecule has 0 amide bonds. The lowest BCUT2D eigenvalue weighted by Gasteiger charge is -1.91. The summed E-state index contributed by atoms with van der Waals surface area (Å²) < 4.78 is 1.63. The van der Waals surface area contributed by atoms with Crippen molar-refractivity contribution >= 4 is 5.65 Å². The van der Waals surface area contributed by atoms with Gasteiger partial charge in [-0.1, -0.05) is 30.3 Å². The van der Waals surface area contributed by atoms with Crippen molar-refractivity contribution in [1.29, 1.82) is 5.26 Å². The van der Waals surface area contributed by atoms with Crippen LogP contribution in [0.1, 0.15) is 5.56 Å². The zero-order valence-corrected chi connectivity index (χ0v) is 8.91. The molecule has 0 bridgehead atoms. The number of fused-ring (bicyclic) bond motifs is 1. The molecule has 0 fully saturated rings. The molecule has 17 heavy (non-hydrogen) atoms. The van der Waals surface area contributed by atoms with Gasteiger partial charge in [0.2, 0.25) is 0 Å². The maximum absolute atomic E-state index is 8.81. The summed E-state index contributed by atoms with van der Waals surface area (Å²) >= 11 is 0. The predicted molar refractivity (Wildman–Crippen MR) is 63.1 cm³/mol. The summed E-state index contributed by atoms with van der Waals surface area (Å²) in [6.45, 7) is 0. The Labute approximate surface area is 97.8 Å². The van der Waals surface area contributed by atoms with Crippen molar-refractivity contribution in [2.24, 2.45) is 0 Å². The van der Waals surface area contributed by atoms with Crippen LogP contribution in [0.3, 0.4) is 0 Å². The normalized spacial score (nSPS) is 10.3. The summed E-state index contributed by atoms with van der Waals surface area (Å²) in [5, 5.41) is 13.2. The van der Waals surface area contributed by atoms with Gasteiger partial charge in [0.1, 0.15) is 6.07 Å². The van der Waals surface area contributed by atoms with E-state index in [-0.39, 0.29) is 0 Å². The second-order valence-electron chi connectivity index (χ2n) is 3.63. The molecule has 0 aliphatic rings. The van der Waals surface area contributed by atoms with E-state index in [2.05, 4.69) is 16.2 Å². The zero-order valence-electron chi connectivity index (χ0n) is 8.91. The van der Waals surface area contributed by atoms with E-state index >= 15 is 0 Å². The molecule has 1 aromatic carbocycles. The van der Waals surface area contributed by atoms with Crippen molar-refractivity contribution in [3.8, 4) is 17.5 Å². The summed E-state index contributed by atoms with van der Waals surface area (Å²) in [6.07, 6.45) is 1.68. The maximum atomic E-state index is 8.81. The van der Waals surface area contributed by atoms with E-state index in [1.807, 2.05) is 30.3 Å². The van der Waals surface area contributed by atoms with Crippen LogP contribution in [-0.4, -0.2) is 14.6 Å². The van der Waals surface area contributed by atoms with Gasteiger partial charge in [-0.2, -0.15) is 5.26 Å². The van der Waals surface area contributed by atoms with Crippen LogP contribution in [0.5, 0.6) is 0 Å². The van der Waals surface area contributed by atoms with E-state index in [9.17, 15) is 0 Å². The lowest BCUT2D eigenvalue weighted by Crippen LogP contribution is -1.88. The standard InChI is InChI=1S/C13H8N4/c14-8-10-6-7-12-15-13(16-17(12)9-10)11-4-2-1-3-5-11/h1-7,9H. The molecule has 3 aromatic rings. The minimum absolute atomic E-state index is 0.571. The van der Waals surface area contributed by atoms with Gasteiger partial charge in [-0.05, 0) is 12.1 Å². The molecule has 3 rings (SSSR count). The van der Waals surface area contributed by atoms with Gasteiger partial charge in [-0.15, -0.1) is 5.10 Å². The Balaban J connectivity index is 2.18. The van der Waals surface area contributed by atoms with Gasteiger partial charge in [-0.25, -0.2) is 9.50 Å². The molecule has 0 spiro atoms. The first-order valence-corrected chi connectivity index (χ1v) is 5.19. The van der Waals surface area contributed by atoms with Crippen molar-refractivity contribution in [2.75, 3.05) is 0 Å². The lowest BCUT2D eigenvalue weighted by atomic mass is 10.2. The monoisotopic (exact) mass is 220 g/mol. The average molecular weight is 220 g/mol. The molecule has 0 aliphatic carbocycles. The van der Waals surface area contributed by atoms with E-state index in [4.69, 9.17) is 5.26 Å². The second kappa shape index (κ2) is 3.72. The quantitative estimate of drug-likeness (QED) is 0.632. The van der Waals surface area contributed by atoms with Gasteiger partial charge in [0, 0.05) is 11.8 Å². The topological polar surface area (TPSA) is 54.0 Å². The smallest absolute Gasteiger partial charge is 0.182 e. The van der Waals surface area contributed by atoms with Crippen molar-refractivity contribution < 1.29 is 0 Å². The molecular weight excluding hydrogens is 212 g/mol. The van der Waals surface area contributed by atoms with Gasteiger partial charge in [0.15, 0.2) is 11.5 Å². The van der Waals surface area contributed by atoms with Crippen LogP contribution in [-0.2, 0) is 0 Å².